The molecule has 0 saturated carbocycles. The van der Waals surface area contributed by atoms with Crippen LogP contribution in [0.5, 0.6) is 17.2 Å². The van der Waals surface area contributed by atoms with Crippen molar-refractivity contribution in [3.8, 4) is 17.2 Å². The fourth-order valence-corrected chi connectivity index (χ4v) is 2.96. The predicted molar refractivity (Wildman–Crippen MR) is 115 cm³/mol. The standard InChI is InChI=1S/C23H29NO6/c1-13(2)16-9-8-14(3)10-19(16)30-15(4)22(25)24-18-12-21(28-6)20(27-5)11-17(18)23(26)29-7/h8-13,15H,1-7H3,(H,24,25)/t15-/m0/s1. The number of amides is 1. The number of hydrogen-bond donors (Lipinski definition) is 1. The first kappa shape index (κ1) is 23.1. The highest BCUT2D eigenvalue weighted by molar-refractivity contribution is 6.03. The van der Waals surface area contributed by atoms with E-state index >= 15 is 0 Å². The van der Waals surface area contributed by atoms with E-state index in [0.29, 0.717) is 17.2 Å². The molecule has 0 saturated heterocycles. The van der Waals surface area contributed by atoms with E-state index in [-0.39, 0.29) is 17.2 Å². The maximum atomic E-state index is 12.8. The molecule has 1 N–H and O–H groups in total. The molecule has 30 heavy (non-hydrogen) atoms. The van der Waals surface area contributed by atoms with Crippen LogP contribution < -0.4 is 19.5 Å². The number of ether oxygens (including phenoxy) is 4. The van der Waals surface area contributed by atoms with Crippen LogP contribution in [0.4, 0.5) is 5.69 Å². The average molecular weight is 415 g/mol. The number of rotatable bonds is 8. The minimum atomic E-state index is -0.803. The molecular formula is C23H29NO6. The fourth-order valence-electron chi connectivity index (χ4n) is 2.96. The Morgan fingerprint density at radius 3 is 2.10 bits per heavy atom. The van der Waals surface area contributed by atoms with Gasteiger partial charge < -0.3 is 24.3 Å². The van der Waals surface area contributed by atoms with Crippen LogP contribution in [0.1, 0.15) is 48.2 Å². The van der Waals surface area contributed by atoms with Crippen molar-refractivity contribution in [2.75, 3.05) is 26.6 Å². The van der Waals surface area contributed by atoms with Gasteiger partial charge in [0.15, 0.2) is 17.6 Å². The van der Waals surface area contributed by atoms with Crippen molar-refractivity contribution in [1.29, 1.82) is 0 Å². The molecule has 2 rings (SSSR count). The SMILES string of the molecule is COC(=O)c1cc(OC)c(OC)cc1NC(=O)[C@H](C)Oc1cc(C)ccc1C(C)C. The van der Waals surface area contributed by atoms with Gasteiger partial charge in [0.25, 0.3) is 5.91 Å². The van der Waals surface area contributed by atoms with Gasteiger partial charge in [0.2, 0.25) is 0 Å². The van der Waals surface area contributed by atoms with Crippen LogP contribution in [0.2, 0.25) is 0 Å². The third-order valence-electron chi connectivity index (χ3n) is 4.65. The lowest BCUT2D eigenvalue weighted by Crippen LogP contribution is -2.31. The zero-order valence-electron chi connectivity index (χ0n) is 18.5. The quantitative estimate of drug-likeness (QED) is 0.646. The second-order valence-corrected chi connectivity index (χ2v) is 7.19. The van der Waals surface area contributed by atoms with Crippen LogP contribution in [-0.2, 0) is 9.53 Å². The third kappa shape index (κ3) is 5.23. The summed E-state index contributed by atoms with van der Waals surface area (Å²) < 4.78 is 21.3. The van der Waals surface area contributed by atoms with Crippen molar-refractivity contribution >= 4 is 17.6 Å². The Morgan fingerprint density at radius 1 is 0.900 bits per heavy atom. The van der Waals surface area contributed by atoms with Crippen LogP contribution in [-0.4, -0.2) is 39.3 Å². The van der Waals surface area contributed by atoms with E-state index < -0.39 is 18.0 Å². The number of benzene rings is 2. The molecule has 0 bridgehead atoms. The van der Waals surface area contributed by atoms with Gasteiger partial charge in [-0.05, 0) is 37.0 Å². The van der Waals surface area contributed by atoms with Gasteiger partial charge in [-0.25, -0.2) is 4.79 Å². The fraction of sp³-hybridized carbons (Fsp3) is 0.391. The van der Waals surface area contributed by atoms with E-state index in [9.17, 15) is 9.59 Å². The number of hydrogen-bond acceptors (Lipinski definition) is 6. The Labute approximate surface area is 177 Å². The van der Waals surface area contributed by atoms with Crippen LogP contribution in [0, 0.1) is 6.92 Å². The highest BCUT2D eigenvalue weighted by atomic mass is 16.5. The third-order valence-corrected chi connectivity index (χ3v) is 4.65. The average Bonchev–Trinajstić information content (AvgIpc) is 2.72. The number of esters is 1. The van der Waals surface area contributed by atoms with Gasteiger partial charge in [-0.15, -0.1) is 0 Å². The molecule has 7 nitrogen and oxygen atoms in total. The lowest BCUT2D eigenvalue weighted by atomic mass is 10.0. The van der Waals surface area contributed by atoms with E-state index in [1.807, 2.05) is 25.1 Å². The van der Waals surface area contributed by atoms with Gasteiger partial charge in [-0.1, -0.05) is 26.0 Å². The molecule has 0 heterocycles. The van der Waals surface area contributed by atoms with Crippen LogP contribution in [0.25, 0.3) is 0 Å². The van der Waals surface area contributed by atoms with Crippen molar-refractivity contribution in [1.82, 2.24) is 0 Å². The van der Waals surface area contributed by atoms with Crippen LogP contribution in [0.3, 0.4) is 0 Å². The zero-order valence-corrected chi connectivity index (χ0v) is 18.5. The van der Waals surface area contributed by atoms with Crippen molar-refractivity contribution in [2.24, 2.45) is 0 Å². The molecule has 1 atom stereocenters. The molecule has 0 aliphatic carbocycles. The molecule has 7 heteroatoms. The summed E-state index contributed by atoms with van der Waals surface area (Å²) in [5.41, 5.74) is 2.44. The highest BCUT2D eigenvalue weighted by Crippen LogP contribution is 2.34. The maximum Gasteiger partial charge on any atom is 0.340 e. The molecule has 0 radical (unpaired) electrons. The van der Waals surface area contributed by atoms with Gasteiger partial charge >= 0.3 is 5.97 Å². The van der Waals surface area contributed by atoms with E-state index in [0.717, 1.165) is 11.1 Å². The molecule has 0 aromatic heterocycles. The summed E-state index contributed by atoms with van der Waals surface area (Å²) in [6, 6.07) is 8.91. The first-order chi connectivity index (χ1) is 14.2. The van der Waals surface area contributed by atoms with E-state index in [1.54, 1.807) is 6.92 Å². The molecule has 0 aliphatic heterocycles. The van der Waals surface area contributed by atoms with Gasteiger partial charge in [-0.3, -0.25) is 4.79 Å². The van der Waals surface area contributed by atoms with Crippen LogP contribution >= 0.6 is 0 Å². The number of aryl methyl sites for hydroxylation is 1. The normalized spacial score (nSPS) is 11.6. The van der Waals surface area contributed by atoms with Crippen molar-refractivity contribution in [3.63, 3.8) is 0 Å². The number of carbonyl (C=O) groups excluding carboxylic acids is 2. The predicted octanol–water partition coefficient (Wildman–Crippen LogP) is 4.33. The van der Waals surface area contributed by atoms with Crippen LogP contribution in [0.15, 0.2) is 30.3 Å². The molecule has 0 spiro atoms. The van der Waals surface area contributed by atoms with E-state index in [4.69, 9.17) is 18.9 Å². The molecule has 0 fully saturated rings. The summed E-state index contributed by atoms with van der Waals surface area (Å²) in [7, 11) is 4.20. The van der Waals surface area contributed by atoms with Gasteiger partial charge in [0, 0.05) is 12.1 Å². The largest absolute Gasteiger partial charge is 0.493 e. The molecule has 1 amide bonds. The maximum absolute atomic E-state index is 12.8. The van der Waals surface area contributed by atoms with Crippen molar-refractivity contribution in [3.05, 3.63) is 47.0 Å². The number of carbonyl (C=O) groups is 2. The first-order valence-corrected chi connectivity index (χ1v) is 9.64. The Balaban J connectivity index is 2.31. The van der Waals surface area contributed by atoms with Crippen molar-refractivity contribution in [2.45, 2.75) is 39.7 Å². The second-order valence-electron chi connectivity index (χ2n) is 7.19. The summed E-state index contributed by atoms with van der Waals surface area (Å²) >= 11 is 0. The summed E-state index contributed by atoms with van der Waals surface area (Å²) in [5.74, 6) is 0.598. The summed E-state index contributed by atoms with van der Waals surface area (Å²) in [5, 5.41) is 2.73. The van der Waals surface area contributed by atoms with Crippen molar-refractivity contribution < 1.29 is 28.5 Å². The van der Waals surface area contributed by atoms with E-state index in [1.165, 1.54) is 33.5 Å². The molecular weight excluding hydrogens is 386 g/mol. The highest BCUT2D eigenvalue weighted by Gasteiger charge is 2.23. The topological polar surface area (TPSA) is 83.1 Å². The first-order valence-electron chi connectivity index (χ1n) is 9.64. The summed E-state index contributed by atoms with van der Waals surface area (Å²) in [4.78, 5) is 25.0. The Hall–Kier alpha value is -3.22. The lowest BCUT2D eigenvalue weighted by Gasteiger charge is -2.20. The molecule has 0 unspecified atom stereocenters. The summed E-state index contributed by atoms with van der Waals surface area (Å²) in [6.45, 7) is 7.75. The molecule has 2 aromatic carbocycles. The van der Waals surface area contributed by atoms with E-state index in [2.05, 4.69) is 19.2 Å². The minimum absolute atomic E-state index is 0.147. The van der Waals surface area contributed by atoms with Gasteiger partial charge in [0.1, 0.15) is 5.75 Å². The zero-order chi connectivity index (χ0) is 22.4. The monoisotopic (exact) mass is 415 g/mol. The Bertz CT molecular complexity index is 922. The summed E-state index contributed by atoms with van der Waals surface area (Å²) in [6.07, 6.45) is -0.803. The molecule has 2 aromatic rings. The smallest absolute Gasteiger partial charge is 0.340 e. The number of nitrogens with one attached hydrogen (secondary N) is 1. The minimum Gasteiger partial charge on any atom is -0.493 e. The number of methoxy groups -OCH3 is 3. The Morgan fingerprint density at radius 2 is 1.53 bits per heavy atom. The molecule has 162 valence electrons. The second kappa shape index (κ2) is 10.0. The number of anilines is 1. The molecule has 0 aliphatic rings. The lowest BCUT2D eigenvalue weighted by molar-refractivity contribution is -0.122. The Kier molecular flexibility index (Phi) is 7.69. The van der Waals surface area contributed by atoms with Gasteiger partial charge in [-0.2, -0.15) is 0 Å². The van der Waals surface area contributed by atoms with Gasteiger partial charge in [0.05, 0.1) is 32.6 Å².